The summed E-state index contributed by atoms with van der Waals surface area (Å²) in [6.07, 6.45) is 2.42. The molecule has 0 radical (unpaired) electrons. The molecule has 2 heteroatoms. The first kappa shape index (κ1) is 14.3. The molecule has 3 atom stereocenters. The van der Waals surface area contributed by atoms with Crippen LogP contribution in [0.25, 0.3) is 0 Å². The molecule has 0 amide bonds. The highest BCUT2D eigenvalue weighted by Gasteiger charge is 2.31. The second-order valence-corrected chi connectivity index (χ2v) is 6.54. The van der Waals surface area contributed by atoms with Crippen molar-refractivity contribution in [3.63, 3.8) is 0 Å². The number of likely N-dealkylation sites (tertiary alicyclic amines) is 1. The molecule has 1 aromatic carbocycles. The highest BCUT2D eigenvalue weighted by molar-refractivity contribution is 5.68. The van der Waals surface area contributed by atoms with Gasteiger partial charge in [0, 0.05) is 19.6 Å². The van der Waals surface area contributed by atoms with Gasteiger partial charge in [-0.05, 0) is 30.7 Å². The molecule has 104 valence electrons. The molecule has 0 saturated carbocycles. The second kappa shape index (κ2) is 5.87. The van der Waals surface area contributed by atoms with Crippen molar-refractivity contribution in [3.8, 4) is 0 Å². The number of carbonyl (C=O) groups is 1. The Labute approximate surface area is 116 Å². The summed E-state index contributed by atoms with van der Waals surface area (Å²) >= 11 is 0. The van der Waals surface area contributed by atoms with Crippen LogP contribution < -0.4 is 0 Å². The van der Waals surface area contributed by atoms with Crippen molar-refractivity contribution in [2.75, 3.05) is 19.6 Å². The first-order chi connectivity index (χ1) is 9.03. The number of aldehydes is 1. The van der Waals surface area contributed by atoms with Gasteiger partial charge in [0.2, 0.25) is 0 Å². The Bertz CT molecular complexity index is 407. The molecule has 1 heterocycles. The fourth-order valence-corrected chi connectivity index (χ4v) is 3.40. The van der Waals surface area contributed by atoms with Crippen molar-refractivity contribution in [3.05, 3.63) is 35.9 Å². The van der Waals surface area contributed by atoms with E-state index in [0.29, 0.717) is 0 Å². The maximum Gasteiger partial charge on any atom is 0.131 e. The van der Waals surface area contributed by atoms with Gasteiger partial charge in [0.05, 0.1) is 5.41 Å². The number of nitrogens with zero attached hydrogens (tertiary/aromatic N) is 1. The van der Waals surface area contributed by atoms with Crippen LogP contribution >= 0.6 is 0 Å². The molecule has 1 aliphatic rings. The molecular formula is C17H25NO. The lowest BCUT2D eigenvalue weighted by atomic mass is 9.82. The zero-order valence-electron chi connectivity index (χ0n) is 12.3. The molecule has 3 unspecified atom stereocenters. The maximum atomic E-state index is 11.6. The minimum Gasteiger partial charge on any atom is -0.302 e. The van der Waals surface area contributed by atoms with Crippen LogP contribution in [-0.2, 0) is 10.2 Å². The maximum absolute atomic E-state index is 11.6. The van der Waals surface area contributed by atoms with Gasteiger partial charge < -0.3 is 9.69 Å². The number of rotatable bonds is 4. The van der Waals surface area contributed by atoms with E-state index in [1.807, 2.05) is 18.2 Å². The summed E-state index contributed by atoms with van der Waals surface area (Å²) in [6, 6.07) is 10.1. The Morgan fingerprint density at radius 1 is 1.21 bits per heavy atom. The van der Waals surface area contributed by atoms with Crippen LogP contribution in [0.15, 0.2) is 30.3 Å². The molecule has 1 saturated heterocycles. The van der Waals surface area contributed by atoms with E-state index in [0.717, 1.165) is 43.3 Å². The molecule has 0 N–H and O–H groups in total. The van der Waals surface area contributed by atoms with Crippen LogP contribution in [0.2, 0.25) is 0 Å². The standard InChI is InChI=1S/C17H25NO/c1-14-9-15(2)11-18(10-14)12-17(3,13-19)16-7-5-4-6-8-16/h4-8,13-15H,9-12H2,1-3H3. The predicted octanol–water partition coefficient (Wildman–Crippen LogP) is 3.12. The van der Waals surface area contributed by atoms with Crippen LogP contribution in [0.4, 0.5) is 0 Å². The van der Waals surface area contributed by atoms with Crippen LogP contribution in [0, 0.1) is 11.8 Å². The number of piperidine rings is 1. The third kappa shape index (κ3) is 3.44. The molecule has 2 rings (SSSR count). The lowest BCUT2D eigenvalue weighted by Crippen LogP contribution is -2.46. The molecule has 2 nitrogen and oxygen atoms in total. The topological polar surface area (TPSA) is 20.3 Å². The third-order valence-corrected chi connectivity index (χ3v) is 4.19. The summed E-state index contributed by atoms with van der Waals surface area (Å²) in [5.41, 5.74) is 0.730. The Hall–Kier alpha value is -1.15. The minimum atomic E-state index is -0.391. The van der Waals surface area contributed by atoms with E-state index in [-0.39, 0.29) is 0 Å². The second-order valence-electron chi connectivity index (χ2n) is 6.54. The fraction of sp³-hybridized carbons (Fsp3) is 0.588. The third-order valence-electron chi connectivity index (χ3n) is 4.19. The Kier molecular flexibility index (Phi) is 4.41. The average molecular weight is 259 g/mol. The van der Waals surface area contributed by atoms with Crippen molar-refractivity contribution in [1.82, 2.24) is 4.90 Å². The van der Waals surface area contributed by atoms with Gasteiger partial charge in [-0.15, -0.1) is 0 Å². The van der Waals surface area contributed by atoms with Gasteiger partial charge in [0.15, 0.2) is 0 Å². The molecule has 19 heavy (non-hydrogen) atoms. The summed E-state index contributed by atoms with van der Waals surface area (Å²) in [6.45, 7) is 9.72. The SMILES string of the molecule is CC1CC(C)CN(CC(C)(C=O)c2ccccc2)C1. The number of benzene rings is 1. The molecule has 0 spiro atoms. The molecule has 1 fully saturated rings. The normalized spacial score (nSPS) is 27.7. The first-order valence-corrected chi connectivity index (χ1v) is 7.27. The van der Waals surface area contributed by atoms with E-state index in [4.69, 9.17) is 0 Å². The highest BCUT2D eigenvalue weighted by Crippen LogP contribution is 2.27. The molecule has 1 aromatic rings. The van der Waals surface area contributed by atoms with Crippen LogP contribution in [0.5, 0.6) is 0 Å². The number of hydrogen-bond acceptors (Lipinski definition) is 2. The lowest BCUT2D eigenvalue weighted by molar-refractivity contribution is -0.113. The number of hydrogen-bond donors (Lipinski definition) is 0. The van der Waals surface area contributed by atoms with E-state index in [1.54, 1.807) is 0 Å². The average Bonchev–Trinajstić information content (AvgIpc) is 2.38. The zero-order chi connectivity index (χ0) is 13.9. The highest BCUT2D eigenvalue weighted by atomic mass is 16.1. The van der Waals surface area contributed by atoms with E-state index in [1.165, 1.54) is 6.42 Å². The largest absolute Gasteiger partial charge is 0.302 e. The first-order valence-electron chi connectivity index (χ1n) is 7.27. The van der Waals surface area contributed by atoms with E-state index in [2.05, 4.69) is 37.8 Å². The smallest absolute Gasteiger partial charge is 0.131 e. The van der Waals surface area contributed by atoms with Gasteiger partial charge in [-0.3, -0.25) is 0 Å². The lowest BCUT2D eigenvalue weighted by Gasteiger charge is -2.39. The van der Waals surface area contributed by atoms with E-state index in [9.17, 15) is 4.79 Å². The zero-order valence-corrected chi connectivity index (χ0v) is 12.3. The van der Waals surface area contributed by atoms with Crippen molar-refractivity contribution >= 4 is 6.29 Å². The van der Waals surface area contributed by atoms with Crippen LogP contribution in [0.3, 0.4) is 0 Å². The van der Waals surface area contributed by atoms with Crippen LogP contribution in [0.1, 0.15) is 32.8 Å². The van der Waals surface area contributed by atoms with Crippen molar-refractivity contribution in [1.29, 1.82) is 0 Å². The van der Waals surface area contributed by atoms with E-state index >= 15 is 0 Å². The molecule has 0 aliphatic carbocycles. The van der Waals surface area contributed by atoms with Gasteiger partial charge in [-0.2, -0.15) is 0 Å². The van der Waals surface area contributed by atoms with Gasteiger partial charge in [0.25, 0.3) is 0 Å². The van der Waals surface area contributed by atoms with Crippen molar-refractivity contribution < 1.29 is 4.79 Å². The summed E-state index contributed by atoms with van der Waals surface area (Å²) in [5.74, 6) is 1.46. The molecule has 0 aromatic heterocycles. The Morgan fingerprint density at radius 3 is 2.32 bits per heavy atom. The molecular weight excluding hydrogens is 234 g/mol. The quantitative estimate of drug-likeness (QED) is 0.774. The molecule has 1 aliphatic heterocycles. The van der Waals surface area contributed by atoms with Gasteiger partial charge in [-0.1, -0.05) is 44.2 Å². The predicted molar refractivity (Wildman–Crippen MR) is 79.2 cm³/mol. The Balaban J connectivity index is 2.12. The van der Waals surface area contributed by atoms with Gasteiger partial charge in [0.1, 0.15) is 6.29 Å². The molecule has 0 bridgehead atoms. The van der Waals surface area contributed by atoms with Gasteiger partial charge in [-0.25, -0.2) is 0 Å². The fourth-order valence-electron chi connectivity index (χ4n) is 3.40. The monoisotopic (exact) mass is 259 g/mol. The van der Waals surface area contributed by atoms with Gasteiger partial charge >= 0.3 is 0 Å². The summed E-state index contributed by atoms with van der Waals surface area (Å²) in [7, 11) is 0. The van der Waals surface area contributed by atoms with Crippen molar-refractivity contribution in [2.45, 2.75) is 32.6 Å². The minimum absolute atomic E-state index is 0.391. The summed E-state index contributed by atoms with van der Waals surface area (Å²) < 4.78 is 0. The Morgan fingerprint density at radius 2 is 1.79 bits per heavy atom. The van der Waals surface area contributed by atoms with Crippen LogP contribution in [-0.4, -0.2) is 30.8 Å². The summed E-state index contributed by atoms with van der Waals surface area (Å²) in [4.78, 5) is 14.1. The number of carbonyl (C=O) groups excluding carboxylic acids is 1. The van der Waals surface area contributed by atoms with E-state index < -0.39 is 5.41 Å². The summed E-state index contributed by atoms with van der Waals surface area (Å²) in [5, 5.41) is 0. The van der Waals surface area contributed by atoms with Crippen molar-refractivity contribution in [2.24, 2.45) is 11.8 Å².